The molecule has 1 atom stereocenters. The summed E-state index contributed by atoms with van der Waals surface area (Å²) in [7, 11) is 0. The highest BCUT2D eigenvalue weighted by atomic mass is 16.3. The summed E-state index contributed by atoms with van der Waals surface area (Å²) in [5, 5.41) is 11.5. The van der Waals surface area contributed by atoms with Crippen LogP contribution in [0.15, 0.2) is 30.3 Å². The molecule has 1 saturated heterocycles. The van der Waals surface area contributed by atoms with Crippen molar-refractivity contribution in [3.8, 4) is 11.8 Å². The van der Waals surface area contributed by atoms with Crippen LogP contribution in [0.5, 0.6) is 0 Å². The predicted molar refractivity (Wildman–Crippen MR) is 97.1 cm³/mol. The van der Waals surface area contributed by atoms with Gasteiger partial charge in [-0.1, -0.05) is 69.4 Å². The molecule has 126 valence electrons. The lowest BCUT2D eigenvalue weighted by molar-refractivity contribution is -0.0369. The first-order valence-electron chi connectivity index (χ1n) is 9.06. The van der Waals surface area contributed by atoms with Crippen molar-refractivity contribution in [3.63, 3.8) is 0 Å². The Morgan fingerprint density at radius 1 is 1.04 bits per heavy atom. The third-order valence-corrected chi connectivity index (χ3v) is 5.65. The summed E-state index contributed by atoms with van der Waals surface area (Å²) in [6, 6.07) is 9.95. The second kappa shape index (κ2) is 7.99. The first-order chi connectivity index (χ1) is 11.1. The molecule has 0 aromatic heterocycles. The summed E-state index contributed by atoms with van der Waals surface area (Å²) in [4.78, 5) is 2.40. The highest BCUT2D eigenvalue weighted by molar-refractivity contribution is 5.35. The molecule has 2 nitrogen and oxygen atoms in total. The zero-order chi connectivity index (χ0) is 16.8. The number of hydrogen-bond acceptors (Lipinski definition) is 2. The molecular formula is C21H31NO. The van der Waals surface area contributed by atoms with Gasteiger partial charge in [-0.2, -0.15) is 0 Å². The molecule has 2 heteroatoms. The topological polar surface area (TPSA) is 23.5 Å². The van der Waals surface area contributed by atoms with Crippen LogP contribution in [0.1, 0.15) is 58.4 Å². The van der Waals surface area contributed by atoms with E-state index in [0.29, 0.717) is 0 Å². The van der Waals surface area contributed by atoms with E-state index in [1.807, 2.05) is 30.3 Å². The number of piperidine rings is 1. The third-order valence-electron chi connectivity index (χ3n) is 5.65. The minimum absolute atomic E-state index is 0.247. The van der Waals surface area contributed by atoms with Crippen molar-refractivity contribution in [2.75, 3.05) is 19.6 Å². The van der Waals surface area contributed by atoms with Crippen LogP contribution in [0, 0.1) is 17.3 Å². The Hall–Kier alpha value is -1.30. The molecule has 1 aromatic rings. The molecule has 0 unspecified atom stereocenters. The Labute approximate surface area is 141 Å². The first kappa shape index (κ1) is 18.0. The van der Waals surface area contributed by atoms with E-state index in [1.165, 1.54) is 19.3 Å². The van der Waals surface area contributed by atoms with E-state index in [9.17, 15) is 5.11 Å². The van der Waals surface area contributed by atoms with Crippen LogP contribution < -0.4 is 0 Å². The van der Waals surface area contributed by atoms with E-state index in [1.54, 1.807) is 0 Å². The van der Waals surface area contributed by atoms with Crippen molar-refractivity contribution in [3.05, 3.63) is 35.9 Å². The molecule has 0 spiro atoms. The molecule has 1 aromatic carbocycles. The summed E-state index contributed by atoms with van der Waals surface area (Å²) in [6.07, 6.45) is 5.67. The number of nitrogens with zero attached hydrogens (tertiary/aromatic N) is 1. The van der Waals surface area contributed by atoms with Crippen molar-refractivity contribution in [2.24, 2.45) is 5.41 Å². The van der Waals surface area contributed by atoms with Gasteiger partial charge < -0.3 is 5.11 Å². The third kappa shape index (κ3) is 3.97. The van der Waals surface area contributed by atoms with Gasteiger partial charge in [-0.25, -0.2) is 0 Å². The van der Waals surface area contributed by atoms with Gasteiger partial charge in [-0.15, -0.1) is 0 Å². The lowest BCUT2D eigenvalue weighted by Crippen LogP contribution is -2.42. The van der Waals surface area contributed by atoms with Gasteiger partial charge in [0.15, 0.2) is 5.60 Å². The molecular weight excluding hydrogens is 282 g/mol. The Morgan fingerprint density at radius 2 is 1.65 bits per heavy atom. The Morgan fingerprint density at radius 3 is 2.22 bits per heavy atom. The van der Waals surface area contributed by atoms with E-state index >= 15 is 0 Å². The van der Waals surface area contributed by atoms with Crippen LogP contribution in [-0.2, 0) is 5.60 Å². The average molecular weight is 313 g/mol. The van der Waals surface area contributed by atoms with E-state index in [-0.39, 0.29) is 5.41 Å². The van der Waals surface area contributed by atoms with Gasteiger partial charge in [0.1, 0.15) is 0 Å². The van der Waals surface area contributed by atoms with Gasteiger partial charge >= 0.3 is 0 Å². The lowest BCUT2D eigenvalue weighted by Gasteiger charge is -2.41. The van der Waals surface area contributed by atoms with Crippen molar-refractivity contribution in [2.45, 2.75) is 58.5 Å². The van der Waals surface area contributed by atoms with E-state index in [4.69, 9.17) is 0 Å². The zero-order valence-electron chi connectivity index (χ0n) is 14.9. The summed E-state index contributed by atoms with van der Waals surface area (Å²) in [6.45, 7) is 9.47. The fourth-order valence-corrected chi connectivity index (χ4v) is 3.41. The monoisotopic (exact) mass is 313 g/mol. The normalized spacial score (nSPS) is 18.8. The van der Waals surface area contributed by atoms with Gasteiger partial charge in [-0.3, -0.25) is 4.90 Å². The summed E-state index contributed by atoms with van der Waals surface area (Å²) < 4.78 is 0. The molecule has 1 aliphatic heterocycles. The average Bonchev–Trinajstić information content (AvgIpc) is 2.62. The molecule has 0 saturated carbocycles. The highest BCUT2D eigenvalue weighted by Gasteiger charge is 2.44. The van der Waals surface area contributed by atoms with Gasteiger partial charge in [0.05, 0.1) is 6.54 Å². The van der Waals surface area contributed by atoms with Gasteiger partial charge in [0, 0.05) is 5.41 Å². The van der Waals surface area contributed by atoms with Crippen LogP contribution in [0.4, 0.5) is 0 Å². The molecule has 1 N–H and O–H groups in total. The number of benzene rings is 1. The standard InChI is InChI=1S/C21H31NO/c1-4-20(3,5-2)21(23,19-13-8-6-9-14-19)15-12-18-22-16-10-7-11-17-22/h6,8-9,13-14,23H,4-5,7,10-11,16-18H2,1-3H3/t21-/m1/s1. The summed E-state index contributed by atoms with van der Waals surface area (Å²) in [5.74, 6) is 6.56. The Balaban J connectivity index is 2.27. The zero-order valence-corrected chi connectivity index (χ0v) is 14.9. The van der Waals surface area contributed by atoms with E-state index in [2.05, 4.69) is 37.5 Å². The fraction of sp³-hybridized carbons (Fsp3) is 0.619. The quantitative estimate of drug-likeness (QED) is 0.824. The fourth-order valence-electron chi connectivity index (χ4n) is 3.41. The number of hydrogen-bond donors (Lipinski definition) is 1. The van der Waals surface area contributed by atoms with Crippen LogP contribution in [0.25, 0.3) is 0 Å². The Bertz CT molecular complexity index is 532. The van der Waals surface area contributed by atoms with Crippen LogP contribution >= 0.6 is 0 Å². The Kier molecular flexibility index (Phi) is 6.27. The van der Waals surface area contributed by atoms with Gasteiger partial charge in [0.2, 0.25) is 0 Å². The maximum absolute atomic E-state index is 11.5. The molecule has 0 bridgehead atoms. The van der Waals surface area contributed by atoms with Crippen molar-refractivity contribution < 1.29 is 5.11 Å². The van der Waals surface area contributed by atoms with Crippen molar-refractivity contribution >= 4 is 0 Å². The van der Waals surface area contributed by atoms with Crippen molar-refractivity contribution in [1.82, 2.24) is 4.90 Å². The molecule has 1 heterocycles. The second-order valence-corrected chi connectivity index (χ2v) is 6.98. The predicted octanol–water partition coefficient (Wildman–Crippen LogP) is 4.19. The van der Waals surface area contributed by atoms with Gasteiger partial charge in [-0.05, 0) is 44.3 Å². The SMILES string of the molecule is CCC(C)(CC)[C@@](O)(C#CCN1CCCCC1)c1ccccc1. The highest BCUT2D eigenvalue weighted by Crippen LogP contribution is 2.44. The maximum Gasteiger partial charge on any atom is 0.156 e. The minimum atomic E-state index is -1.09. The smallest absolute Gasteiger partial charge is 0.156 e. The summed E-state index contributed by atoms with van der Waals surface area (Å²) in [5.41, 5.74) is -0.422. The molecule has 23 heavy (non-hydrogen) atoms. The van der Waals surface area contributed by atoms with E-state index in [0.717, 1.165) is 38.0 Å². The number of likely N-dealkylation sites (tertiary alicyclic amines) is 1. The summed E-state index contributed by atoms with van der Waals surface area (Å²) >= 11 is 0. The van der Waals surface area contributed by atoms with Crippen LogP contribution in [0.3, 0.4) is 0 Å². The molecule has 1 fully saturated rings. The first-order valence-corrected chi connectivity index (χ1v) is 9.06. The second-order valence-electron chi connectivity index (χ2n) is 6.98. The molecule has 0 radical (unpaired) electrons. The van der Waals surface area contributed by atoms with E-state index < -0.39 is 5.60 Å². The number of aliphatic hydroxyl groups is 1. The largest absolute Gasteiger partial charge is 0.373 e. The molecule has 0 aliphatic carbocycles. The van der Waals surface area contributed by atoms with Gasteiger partial charge in [0.25, 0.3) is 0 Å². The molecule has 0 amide bonds. The minimum Gasteiger partial charge on any atom is -0.373 e. The molecule has 1 aliphatic rings. The van der Waals surface area contributed by atoms with Crippen LogP contribution in [-0.4, -0.2) is 29.6 Å². The van der Waals surface area contributed by atoms with Crippen molar-refractivity contribution in [1.29, 1.82) is 0 Å². The lowest BCUT2D eigenvalue weighted by atomic mass is 9.66. The number of rotatable bonds is 5. The van der Waals surface area contributed by atoms with Crippen LogP contribution in [0.2, 0.25) is 0 Å². The molecule has 2 rings (SSSR count). The maximum atomic E-state index is 11.5.